The highest BCUT2D eigenvalue weighted by Gasteiger charge is 2.26. The summed E-state index contributed by atoms with van der Waals surface area (Å²) in [4.78, 5) is 11.6. The van der Waals surface area contributed by atoms with Crippen LogP contribution in [0.5, 0.6) is 5.75 Å². The Balaban J connectivity index is 2.54. The number of nitrogen functional groups attached to an aromatic ring is 1. The summed E-state index contributed by atoms with van der Waals surface area (Å²) in [5, 5.41) is 0. The smallest absolute Gasteiger partial charge is 0.389 e. The molecule has 0 heterocycles. The van der Waals surface area contributed by atoms with Crippen molar-refractivity contribution < 1.29 is 27.4 Å². The van der Waals surface area contributed by atoms with Gasteiger partial charge in [-0.2, -0.15) is 13.2 Å². The number of methoxy groups -OCH3 is 1. The number of alkyl halides is 3. The zero-order valence-corrected chi connectivity index (χ0v) is 10.3. The molecule has 1 aromatic rings. The van der Waals surface area contributed by atoms with E-state index >= 15 is 0 Å². The fourth-order valence-corrected chi connectivity index (χ4v) is 1.35. The summed E-state index contributed by atoms with van der Waals surface area (Å²) in [6.07, 6.45) is -5.52. The summed E-state index contributed by atoms with van der Waals surface area (Å²) < 4.78 is 45.3. The van der Waals surface area contributed by atoms with E-state index in [1.54, 1.807) is 6.07 Å². The SMILES string of the molecule is COc1ccc(N)c(C(=O)OCCCC(F)(F)F)c1. The van der Waals surface area contributed by atoms with Gasteiger partial charge < -0.3 is 15.2 Å². The van der Waals surface area contributed by atoms with Crippen LogP contribution in [0.3, 0.4) is 0 Å². The minimum absolute atomic E-state index is 0.0753. The molecule has 0 spiro atoms. The maximum absolute atomic E-state index is 11.9. The van der Waals surface area contributed by atoms with Crippen LogP contribution < -0.4 is 10.5 Å². The summed E-state index contributed by atoms with van der Waals surface area (Å²) in [6.45, 7) is -0.311. The molecule has 0 amide bonds. The zero-order valence-electron chi connectivity index (χ0n) is 10.3. The standard InChI is InChI=1S/C12H14F3NO3/c1-18-8-3-4-10(16)9(7-8)11(17)19-6-2-5-12(13,14)15/h3-4,7H,2,5-6,16H2,1H3. The molecule has 0 saturated heterocycles. The summed E-state index contributed by atoms with van der Waals surface area (Å²) in [5.41, 5.74) is 5.84. The van der Waals surface area contributed by atoms with E-state index in [2.05, 4.69) is 0 Å². The van der Waals surface area contributed by atoms with Gasteiger partial charge in [0.05, 0.1) is 19.3 Å². The van der Waals surface area contributed by atoms with Crippen LogP contribution in [0.2, 0.25) is 0 Å². The van der Waals surface area contributed by atoms with Gasteiger partial charge in [-0.05, 0) is 24.6 Å². The molecule has 0 fully saturated rings. The fraction of sp³-hybridized carbons (Fsp3) is 0.417. The molecule has 0 aromatic heterocycles. The van der Waals surface area contributed by atoms with Gasteiger partial charge in [-0.15, -0.1) is 0 Å². The number of hydrogen-bond acceptors (Lipinski definition) is 4. The third-order valence-corrected chi connectivity index (χ3v) is 2.32. The molecule has 0 atom stereocenters. The first-order chi connectivity index (χ1) is 8.83. The van der Waals surface area contributed by atoms with Gasteiger partial charge in [0, 0.05) is 12.1 Å². The van der Waals surface area contributed by atoms with Crippen molar-refractivity contribution in [2.24, 2.45) is 0 Å². The Morgan fingerprint density at radius 3 is 2.63 bits per heavy atom. The summed E-state index contributed by atoms with van der Waals surface area (Å²) in [5.74, 6) is -0.352. The molecule has 106 valence electrons. The lowest BCUT2D eigenvalue weighted by molar-refractivity contribution is -0.137. The van der Waals surface area contributed by atoms with Crippen molar-refractivity contribution in [3.63, 3.8) is 0 Å². The van der Waals surface area contributed by atoms with Gasteiger partial charge in [-0.1, -0.05) is 0 Å². The minimum atomic E-state index is -4.25. The lowest BCUT2D eigenvalue weighted by atomic mass is 10.1. The van der Waals surface area contributed by atoms with Crippen LogP contribution in [0, 0.1) is 0 Å². The number of ether oxygens (including phenoxy) is 2. The Hall–Kier alpha value is -1.92. The van der Waals surface area contributed by atoms with Gasteiger partial charge in [0.2, 0.25) is 0 Å². The van der Waals surface area contributed by atoms with Crippen molar-refractivity contribution in [1.82, 2.24) is 0 Å². The van der Waals surface area contributed by atoms with Gasteiger partial charge in [0.15, 0.2) is 0 Å². The summed E-state index contributed by atoms with van der Waals surface area (Å²) >= 11 is 0. The molecule has 0 aliphatic carbocycles. The van der Waals surface area contributed by atoms with Crippen LogP contribution in [0.25, 0.3) is 0 Å². The Morgan fingerprint density at radius 1 is 1.37 bits per heavy atom. The third kappa shape index (κ3) is 5.07. The van der Waals surface area contributed by atoms with Crippen molar-refractivity contribution in [3.05, 3.63) is 23.8 Å². The number of carbonyl (C=O) groups is 1. The first kappa shape index (κ1) is 15.1. The molecule has 0 radical (unpaired) electrons. The molecule has 0 bridgehead atoms. The predicted molar refractivity (Wildman–Crippen MR) is 63.0 cm³/mol. The maximum Gasteiger partial charge on any atom is 0.389 e. The molecule has 4 nitrogen and oxygen atoms in total. The topological polar surface area (TPSA) is 61.5 Å². The van der Waals surface area contributed by atoms with Gasteiger partial charge in [0.1, 0.15) is 5.75 Å². The first-order valence-electron chi connectivity index (χ1n) is 5.51. The monoisotopic (exact) mass is 277 g/mol. The van der Waals surface area contributed by atoms with Crippen LogP contribution in [-0.2, 0) is 4.74 Å². The van der Waals surface area contributed by atoms with Crippen LogP contribution in [-0.4, -0.2) is 25.9 Å². The molecular formula is C12H14F3NO3. The van der Waals surface area contributed by atoms with E-state index in [1.165, 1.54) is 19.2 Å². The third-order valence-electron chi connectivity index (χ3n) is 2.32. The van der Waals surface area contributed by atoms with Crippen molar-refractivity contribution in [3.8, 4) is 5.75 Å². The molecule has 1 aromatic carbocycles. The number of rotatable bonds is 5. The Labute approximate surface area is 108 Å². The number of carbonyl (C=O) groups excluding carboxylic acids is 1. The average molecular weight is 277 g/mol. The highest BCUT2D eigenvalue weighted by molar-refractivity contribution is 5.95. The highest BCUT2D eigenvalue weighted by Crippen LogP contribution is 2.22. The van der Waals surface area contributed by atoms with Crippen molar-refractivity contribution in [2.75, 3.05) is 19.5 Å². The second-order valence-corrected chi connectivity index (χ2v) is 3.81. The summed E-state index contributed by atoms with van der Waals surface area (Å²) in [7, 11) is 1.42. The van der Waals surface area contributed by atoms with E-state index in [4.69, 9.17) is 15.2 Å². The van der Waals surface area contributed by atoms with Gasteiger partial charge >= 0.3 is 12.1 Å². The molecule has 0 aliphatic rings. The van der Waals surface area contributed by atoms with Gasteiger partial charge in [0.25, 0.3) is 0 Å². The number of benzene rings is 1. The number of esters is 1. The molecule has 7 heteroatoms. The number of hydrogen-bond donors (Lipinski definition) is 1. The van der Waals surface area contributed by atoms with E-state index in [-0.39, 0.29) is 24.3 Å². The zero-order chi connectivity index (χ0) is 14.5. The van der Waals surface area contributed by atoms with E-state index < -0.39 is 18.6 Å². The van der Waals surface area contributed by atoms with Crippen molar-refractivity contribution in [2.45, 2.75) is 19.0 Å². The molecule has 19 heavy (non-hydrogen) atoms. The molecule has 0 aliphatic heterocycles. The Morgan fingerprint density at radius 2 is 2.05 bits per heavy atom. The average Bonchev–Trinajstić information content (AvgIpc) is 2.34. The second-order valence-electron chi connectivity index (χ2n) is 3.81. The predicted octanol–water partition coefficient (Wildman–Crippen LogP) is 2.78. The largest absolute Gasteiger partial charge is 0.497 e. The molecule has 2 N–H and O–H groups in total. The van der Waals surface area contributed by atoms with Crippen molar-refractivity contribution >= 4 is 11.7 Å². The van der Waals surface area contributed by atoms with Crippen LogP contribution in [0.1, 0.15) is 23.2 Å². The van der Waals surface area contributed by atoms with Crippen LogP contribution >= 0.6 is 0 Å². The van der Waals surface area contributed by atoms with E-state index in [1.807, 2.05) is 0 Å². The normalized spacial score (nSPS) is 11.2. The van der Waals surface area contributed by atoms with Crippen molar-refractivity contribution in [1.29, 1.82) is 0 Å². The van der Waals surface area contributed by atoms with E-state index in [0.717, 1.165) is 0 Å². The Kier molecular flexibility index (Phi) is 5.02. The quantitative estimate of drug-likeness (QED) is 0.510. The van der Waals surface area contributed by atoms with Crippen LogP contribution in [0.15, 0.2) is 18.2 Å². The summed E-state index contributed by atoms with van der Waals surface area (Å²) in [6, 6.07) is 4.41. The number of nitrogens with two attached hydrogens (primary N) is 1. The lowest BCUT2D eigenvalue weighted by Gasteiger charge is -2.09. The number of anilines is 1. The first-order valence-corrected chi connectivity index (χ1v) is 5.51. The van der Waals surface area contributed by atoms with E-state index in [9.17, 15) is 18.0 Å². The molecule has 0 saturated carbocycles. The minimum Gasteiger partial charge on any atom is -0.497 e. The van der Waals surface area contributed by atoms with Gasteiger partial charge in [-0.3, -0.25) is 0 Å². The molecule has 0 unspecified atom stereocenters. The van der Waals surface area contributed by atoms with Gasteiger partial charge in [-0.25, -0.2) is 4.79 Å². The molecular weight excluding hydrogens is 263 g/mol. The number of halogens is 3. The fourth-order valence-electron chi connectivity index (χ4n) is 1.35. The second kappa shape index (κ2) is 6.31. The maximum atomic E-state index is 11.9. The van der Waals surface area contributed by atoms with E-state index in [0.29, 0.717) is 5.75 Å². The highest BCUT2D eigenvalue weighted by atomic mass is 19.4. The van der Waals surface area contributed by atoms with Crippen LogP contribution in [0.4, 0.5) is 18.9 Å². The Bertz CT molecular complexity index is 446. The molecule has 1 rings (SSSR count). The lowest BCUT2D eigenvalue weighted by Crippen LogP contribution is -2.12.